The summed E-state index contributed by atoms with van der Waals surface area (Å²) in [6.45, 7) is 9.65. The lowest BCUT2D eigenvalue weighted by Gasteiger charge is -2.17. The molecule has 2 aromatic rings. The third-order valence-corrected chi connectivity index (χ3v) is 4.74. The minimum atomic E-state index is -0.828. The van der Waals surface area contributed by atoms with Crippen LogP contribution in [-0.4, -0.2) is 48.3 Å². The minimum Gasteiger partial charge on any atom is -0.467 e. The second-order valence-electron chi connectivity index (χ2n) is 7.80. The predicted octanol–water partition coefficient (Wildman–Crippen LogP) is 4.42. The van der Waals surface area contributed by atoms with Gasteiger partial charge in [0, 0.05) is 30.2 Å². The first-order valence-electron chi connectivity index (χ1n) is 12.4. The highest BCUT2D eigenvalue weighted by atomic mass is 16.6. The number of nitrogens with two attached hydrogens (primary N) is 1. The Morgan fingerprint density at radius 3 is 1.91 bits per heavy atom. The van der Waals surface area contributed by atoms with E-state index in [-0.39, 0.29) is 12.5 Å². The van der Waals surface area contributed by atoms with Gasteiger partial charge in [0.2, 0.25) is 0 Å². The highest BCUT2D eigenvalue weighted by Crippen LogP contribution is 2.10. The molecule has 0 saturated heterocycles. The second-order valence-corrected chi connectivity index (χ2v) is 7.80. The summed E-state index contributed by atoms with van der Waals surface area (Å²) in [4.78, 5) is 32.9. The molecule has 0 aliphatic carbocycles. The third kappa shape index (κ3) is 13.5. The molecule has 0 aromatic carbocycles. The van der Waals surface area contributed by atoms with Gasteiger partial charge in [-0.2, -0.15) is 0 Å². The number of alkyl carbamates (subject to hydrolysis) is 1. The molecule has 0 aliphatic rings. The standard InChI is InChI=1S/C24H33N3O4.C2H6.CH5N/c1-5-7-18-10-12-20(25-15-18)8-6-9-21-13-11-19(16-26-21)14-22(23(28)30-4)27-24(29)31-17(2)3;2*1-2/h10-13,15-17,22H,5-9,14H2,1-4H3,(H,27,29);1-2H3;2H2,1H3/t22-;;/m0../s1. The number of hydrogen-bond acceptors (Lipinski definition) is 7. The zero-order valence-corrected chi connectivity index (χ0v) is 22.5. The lowest BCUT2D eigenvalue weighted by Crippen LogP contribution is -2.43. The number of hydrogen-bond donors (Lipinski definition) is 2. The van der Waals surface area contributed by atoms with Crippen molar-refractivity contribution in [2.24, 2.45) is 5.73 Å². The Morgan fingerprint density at radius 2 is 1.49 bits per heavy atom. The molecule has 1 amide bonds. The first kappa shape index (κ1) is 32.0. The van der Waals surface area contributed by atoms with Crippen molar-refractivity contribution in [3.63, 3.8) is 0 Å². The van der Waals surface area contributed by atoms with Crippen molar-refractivity contribution in [2.45, 2.75) is 85.3 Å². The lowest BCUT2D eigenvalue weighted by atomic mass is 10.1. The van der Waals surface area contributed by atoms with Crippen molar-refractivity contribution in [1.29, 1.82) is 0 Å². The van der Waals surface area contributed by atoms with Gasteiger partial charge in [-0.15, -0.1) is 0 Å². The number of carbonyl (C=O) groups excluding carboxylic acids is 2. The Labute approximate surface area is 211 Å². The summed E-state index contributed by atoms with van der Waals surface area (Å²) in [6, 6.07) is 7.30. The molecule has 8 heteroatoms. The van der Waals surface area contributed by atoms with E-state index in [1.807, 2.05) is 32.2 Å². The van der Waals surface area contributed by atoms with Crippen LogP contribution in [-0.2, 0) is 40.0 Å². The summed E-state index contributed by atoms with van der Waals surface area (Å²) in [6.07, 6.45) is 7.96. The van der Waals surface area contributed by atoms with Gasteiger partial charge in [0.25, 0.3) is 0 Å². The fraction of sp³-hybridized carbons (Fsp3) is 0.556. The molecule has 0 fully saturated rings. The van der Waals surface area contributed by atoms with Gasteiger partial charge in [0.1, 0.15) is 6.04 Å². The first-order chi connectivity index (χ1) is 16.9. The molecule has 0 saturated carbocycles. The molecule has 35 heavy (non-hydrogen) atoms. The highest BCUT2D eigenvalue weighted by Gasteiger charge is 2.23. The number of esters is 1. The quantitative estimate of drug-likeness (QED) is 0.450. The van der Waals surface area contributed by atoms with Crippen LogP contribution in [0.15, 0.2) is 36.7 Å². The molecule has 1 atom stereocenters. The van der Waals surface area contributed by atoms with E-state index in [4.69, 9.17) is 9.47 Å². The average Bonchev–Trinajstić information content (AvgIpc) is 2.87. The molecule has 0 aliphatic heterocycles. The first-order valence-corrected chi connectivity index (χ1v) is 12.4. The molecular weight excluding hydrogens is 444 g/mol. The predicted molar refractivity (Wildman–Crippen MR) is 140 cm³/mol. The van der Waals surface area contributed by atoms with Crippen LogP contribution in [0.25, 0.3) is 0 Å². The van der Waals surface area contributed by atoms with Gasteiger partial charge in [-0.3, -0.25) is 9.97 Å². The molecule has 0 radical (unpaired) electrons. The maximum absolute atomic E-state index is 12.0. The Morgan fingerprint density at radius 1 is 0.943 bits per heavy atom. The van der Waals surface area contributed by atoms with Crippen LogP contribution < -0.4 is 11.1 Å². The average molecular weight is 489 g/mol. The van der Waals surface area contributed by atoms with Crippen LogP contribution >= 0.6 is 0 Å². The van der Waals surface area contributed by atoms with Crippen LogP contribution in [0.5, 0.6) is 0 Å². The number of methoxy groups -OCH3 is 1. The number of pyridine rings is 2. The maximum atomic E-state index is 12.0. The van der Waals surface area contributed by atoms with E-state index in [9.17, 15) is 9.59 Å². The summed E-state index contributed by atoms with van der Waals surface area (Å²) in [5.74, 6) is -0.526. The van der Waals surface area contributed by atoms with Gasteiger partial charge < -0.3 is 20.5 Å². The number of nitrogens with zero attached hydrogens (tertiary/aromatic N) is 2. The Balaban J connectivity index is 0.00000274. The van der Waals surface area contributed by atoms with E-state index in [0.717, 1.165) is 49.1 Å². The van der Waals surface area contributed by atoms with Gasteiger partial charge in [-0.05, 0) is 69.8 Å². The molecule has 2 aromatic heterocycles. The Kier molecular flexibility index (Phi) is 17.7. The van der Waals surface area contributed by atoms with Crippen molar-refractivity contribution in [3.05, 3.63) is 59.2 Å². The topological polar surface area (TPSA) is 116 Å². The summed E-state index contributed by atoms with van der Waals surface area (Å²) < 4.78 is 9.85. The van der Waals surface area contributed by atoms with Gasteiger partial charge in [0.05, 0.1) is 13.2 Å². The van der Waals surface area contributed by atoms with Gasteiger partial charge in [0.15, 0.2) is 0 Å². The SMILES string of the molecule is CC.CCCc1ccc(CCCc2ccc(C[C@H](NC(=O)OC(C)C)C(=O)OC)cn2)nc1.CN. The molecule has 0 spiro atoms. The highest BCUT2D eigenvalue weighted by molar-refractivity contribution is 5.81. The molecule has 0 unspecified atom stereocenters. The number of carbonyl (C=O) groups is 2. The number of ether oxygens (including phenoxy) is 2. The molecular formula is C27H44N4O4. The number of aromatic nitrogens is 2. The molecule has 2 heterocycles. The molecule has 0 bridgehead atoms. The van der Waals surface area contributed by atoms with Crippen molar-refractivity contribution < 1.29 is 19.1 Å². The van der Waals surface area contributed by atoms with Crippen molar-refractivity contribution >= 4 is 12.1 Å². The minimum absolute atomic E-state index is 0.274. The van der Waals surface area contributed by atoms with Gasteiger partial charge >= 0.3 is 12.1 Å². The number of aryl methyl sites for hydroxylation is 3. The van der Waals surface area contributed by atoms with E-state index in [1.165, 1.54) is 19.7 Å². The molecule has 8 nitrogen and oxygen atoms in total. The van der Waals surface area contributed by atoms with Crippen LogP contribution in [0.3, 0.4) is 0 Å². The normalized spacial score (nSPS) is 10.8. The zero-order chi connectivity index (χ0) is 26.6. The van der Waals surface area contributed by atoms with Crippen LogP contribution in [0.4, 0.5) is 4.79 Å². The van der Waals surface area contributed by atoms with Crippen molar-refractivity contribution in [1.82, 2.24) is 15.3 Å². The fourth-order valence-electron chi connectivity index (χ4n) is 3.18. The Bertz CT molecular complexity index is 824. The molecule has 2 rings (SSSR count). The number of amides is 1. The fourth-order valence-corrected chi connectivity index (χ4v) is 3.18. The van der Waals surface area contributed by atoms with Crippen LogP contribution in [0.2, 0.25) is 0 Å². The second kappa shape index (κ2) is 19.3. The van der Waals surface area contributed by atoms with E-state index in [0.29, 0.717) is 0 Å². The van der Waals surface area contributed by atoms with Crippen LogP contribution in [0.1, 0.15) is 70.0 Å². The van der Waals surface area contributed by atoms with E-state index >= 15 is 0 Å². The van der Waals surface area contributed by atoms with Gasteiger partial charge in [-0.1, -0.05) is 39.3 Å². The summed E-state index contributed by atoms with van der Waals surface area (Å²) in [5, 5.41) is 2.56. The number of rotatable bonds is 11. The molecule has 3 N–H and O–H groups in total. The smallest absolute Gasteiger partial charge is 0.408 e. The largest absolute Gasteiger partial charge is 0.467 e. The number of nitrogens with one attached hydrogen (secondary N) is 1. The molecule has 196 valence electrons. The zero-order valence-electron chi connectivity index (χ0n) is 22.5. The van der Waals surface area contributed by atoms with Crippen LogP contribution in [0, 0.1) is 0 Å². The third-order valence-electron chi connectivity index (χ3n) is 4.74. The van der Waals surface area contributed by atoms with E-state index in [1.54, 1.807) is 20.0 Å². The maximum Gasteiger partial charge on any atom is 0.408 e. The summed E-state index contributed by atoms with van der Waals surface area (Å²) in [5.41, 5.74) is 8.68. The lowest BCUT2D eigenvalue weighted by molar-refractivity contribution is -0.143. The van der Waals surface area contributed by atoms with E-state index < -0.39 is 18.1 Å². The Hall–Kier alpha value is -3.00. The summed E-state index contributed by atoms with van der Waals surface area (Å²) in [7, 11) is 2.79. The van der Waals surface area contributed by atoms with E-state index in [2.05, 4.69) is 40.1 Å². The van der Waals surface area contributed by atoms with Crippen molar-refractivity contribution in [3.8, 4) is 0 Å². The van der Waals surface area contributed by atoms with Crippen molar-refractivity contribution in [2.75, 3.05) is 14.2 Å². The monoisotopic (exact) mass is 488 g/mol. The van der Waals surface area contributed by atoms with Gasteiger partial charge in [-0.25, -0.2) is 9.59 Å². The summed E-state index contributed by atoms with van der Waals surface area (Å²) >= 11 is 0.